The summed E-state index contributed by atoms with van der Waals surface area (Å²) < 4.78 is 0. The van der Waals surface area contributed by atoms with E-state index in [1.165, 1.54) is 11.0 Å². The summed E-state index contributed by atoms with van der Waals surface area (Å²) in [5.41, 5.74) is 2.50. The number of ketones is 2. The highest BCUT2D eigenvalue weighted by Crippen LogP contribution is 2.50. The zero-order chi connectivity index (χ0) is 23.0. The van der Waals surface area contributed by atoms with E-state index in [0.29, 0.717) is 16.5 Å². The summed E-state index contributed by atoms with van der Waals surface area (Å²) in [5, 5.41) is 43.9. The molecule has 0 fully saturated rings. The maximum Gasteiger partial charge on any atom is 0.255 e. The number of Topliss-reactive ketones (excluding diaryl/α,β-unsaturated/α-hetero) is 2. The Bertz CT molecular complexity index is 1240. The van der Waals surface area contributed by atoms with Gasteiger partial charge in [-0.15, -0.1) is 17.0 Å². The van der Waals surface area contributed by atoms with Crippen LogP contribution in [-0.2, 0) is 16.0 Å². The molecule has 4 rings (SSSR count). The highest BCUT2D eigenvalue weighted by molar-refractivity contribution is 8.93. The number of likely N-dealkylation sites (N-methyl/N-ethyl adjacent to an activating group) is 1. The first-order valence-corrected chi connectivity index (χ1v) is 9.61. The average molecular weight is 507 g/mol. The maximum atomic E-state index is 13.6. The molecule has 2 aliphatic rings. The van der Waals surface area contributed by atoms with Crippen LogP contribution in [0.1, 0.15) is 21.5 Å². The Morgan fingerprint density at radius 1 is 1.19 bits per heavy atom. The van der Waals surface area contributed by atoms with Gasteiger partial charge in [-0.1, -0.05) is 12.1 Å². The van der Waals surface area contributed by atoms with E-state index in [4.69, 9.17) is 5.73 Å². The van der Waals surface area contributed by atoms with Gasteiger partial charge >= 0.3 is 0 Å². The molecule has 3 atom stereocenters. The maximum absolute atomic E-state index is 13.6. The van der Waals surface area contributed by atoms with Crippen LogP contribution in [0.15, 0.2) is 29.5 Å². The molecule has 0 saturated heterocycles. The molecule has 0 saturated carbocycles. The molecule has 0 radical (unpaired) electrons. The summed E-state index contributed by atoms with van der Waals surface area (Å²) in [6, 6.07) is 3.50. The molecule has 0 bridgehead atoms. The monoisotopic (exact) mass is 506 g/mol. The zero-order valence-electron chi connectivity index (χ0n) is 17.5. The van der Waals surface area contributed by atoms with Crippen molar-refractivity contribution in [3.63, 3.8) is 0 Å². The number of carbonyl (C=O) groups excluding carboxylic acids is 3. The third-order valence-corrected chi connectivity index (χ3v) is 6.51. The molecule has 1 amide bonds. The second-order valence-corrected chi connectivity index (χ2v) is 8.29. The summed E-state index contributed by atoms with van der Waals surface area (Å²) in [4.78, 5) is 39.9. The van der Waals surface area contributed by atoms with Gasteiger partial charge in [-0.25, -0.2) is 0 Å². The number of nitrogens with zero attached hydrogens (tertiary/aromatic N) is 1. The number of phenols is 2. The lowest BCUT2D eigenvalue weighted by molar-refractivity contribution is -0.132. The molecule has 2 aliphatic carbocycles. The van der Waals surface area contributed by atoms with Crippen molar-refractivity contribution in [2.75, 3.05) is 14.1 Å². The molecule has 6 N–H and O–H groups in total. The number of hydrogen-bond donors (Lipinski definition) is 5. The molecule has 0 heterocycles. The number of fused-ring (bicyclic) bond motifs is 3. The first kappa shape index (κ1) is 23.7. The highest BCUT2D eigenvalue weighted by Gasteiger charge is 2.62. The summed E-state index contributed by atoms with van der Waals surface area (Å²) in [5.74, 6) is -6.18. The molecule has 3 unspecified atom stereocenters. The number of primary amides is 1. The number of phenolic OH excluding ortho intramolecular Hbond substituents is 2. The van der Waals surface area contributed by atoms with Crippen molar-refractivity contribution in [3.05, 3.63) is 46.2 Å². The van der Waals surface area contributed by atoms with Crippen molar-refractivity contribution >= 4 is 45.2 Å². The summed E-state index contributed by atoms with van der Waals surface area (Å²) in [6.45, 7) is 1.71. The summed E-state index contributed by atoms with van der Waals surface area (Å²) in [6.07, 6.45) is -0.0484. The van der Waals surface area contributed by atoms with Gasteiger partial charge < -0.3 is 26.2 Å². The number of aliphatic hydroxyl groups is 2. The number of rotatable bonds is 2. The predicted octanol–water partition coefficient (Wildman–Crippen LogP) is 1.03. The molecular formula is C22H23BrN2O7. The number of aryl methyl sites for hydroxylation is 1. The molecule has 9 nitrogen and oxygen atoms in total. The van der Waals surface area contributed by atoms with Crippen molar-refractivity contribution in [3.8, 4) is 11.5 Å². The van der Waals surface area contributed by atoms with E-state index in [1.807, 2.05) is 0 Å². The van der Waals surface area contributed by atoms with Gasteiger partial charge in [0.1, 0.15) is 22.8 Å². The van der Waals surface area contributed by atoms with E-state index in [-0.39, 0.29) is 40.1 Å². The molecule has 0 spiro atoms. The topological polar surface area (TPSA) is 161 Å². The van der Waals surface area contributed by atoms with E-state index in [2.05, 4.69) is 0 Å². The Balaban J connectivity index is 0.00000289. The van der Waals surface area contributed by atoms with Crippen LogP contribution >= 0.6 is 17.0 Å². The highest BCUT2D eigenvalue weighted by atomic mass is 79.9. The van der Waals surface area contributed by atoms with E-state index >= 15 is 0 Å². The number of aromatic hydroxyl groups is 2. The lowest BCUT2D eigenvalue weighted by Crippen LogP contribution is -2.64. The van der Waals surface area contributed by atoms with Gasteiger partial charge in [-0.3, -0.25) is 19.3 Å². The third-order valence-electron chi connectivity index (χ3n) is 6.51. The quantitative estimate of drug-likeness (QED) is 0.377. The Morgan fingerprint density at radius 2 is 1.81 bits per heavy atom. The number of benzene rings is 2. The number of halogens is 1. The van der Waals surface area contributed by atoms with Crippen LogP contribution in [0, 0.1) is 12.8 Å². The fourth-order valence-electron chi connectivity index (χ4n) is 5.04. The van der Waals surface area contributed by atoms with Gasteiger partial charge in [-0.05, 0) is 50.0 Å². The van der Waals surface area contributed by atoms with Crippen LogP contribution in [-0.4, -0.2) is 68.5 Å². The van der Waals surface area contributed by atoms with Crippen molar-refractivity contribution < 1.29 is 34.8 Å². The second kappa shape index (κ2) is 7.58. The number of carbonyl (C=O) groups is 3. The zero-order valence-corrected chi connectivity index (χ0v) is 19.3. The number of aliphatic hydroxyl groups excluding tert-OH is 1. The number of amides is 1. The van der Waals surface area contributed by atoms with Crippen LogP contribution in [0.5, 0.6) is 11.5 Å². The first-order valence-electron chi connectivity index (χ1n) is 9.61. The Labute approximate surface area is 193 Å². The SMILES string of the molecule is Br.Cc1c2c(c(O)c3c(O)cccc13)C(=O)C1(O)C(O)=C(C(N)=O)C(=O)C(N(C)C)C1C2. The normalized spacial score (nSPS) is 24.9. The van der Waals surface area contributed by atoms with Crippen LogP contribution in [0.3, 0.4) is 0 Å². The van der Waals surface area contributed by atoms with Crippen LogP contribution in [0.4, 0.5) is 0 Å². The van der Waals surface area contributed by atoms with E-state index in [0.717, 1.165) is 0 Å². The molecule has 2 aromatic rings. The van der Waals surface area contributed by atoms with Gasteiger partial charge in [0.25, 0.3) is 5.91 Å². The van der Waals surface area contributed by atoms with Gasteiger partial charge in [0.05, 0.1) is 17.0 Å². The summed E-state index contributed by atoms with van der Waals surface area (Å²) >= 11 is 0. The molecular weight excluding hydrogens is 484 g/mol. The van der Waals surface area contributed by atoms with Crippen LogP contribution in [0.25, 0.3) is 10.8 Å². The van der Waals surface area contributed by atoms with Gasteiger partial charge in [0.15, 0.2) is 11.4 Å². The first-order chi connectivity index (χ1) is 14.4. The van der Waals surface area contributed by atoms with Crippen molar-refractivity contribution in [1.82, 2.24) is 4.90 Å². The predicted molar refractivity (Wildman–Crippen MR) is 120 cm³/mol. The minimum absolute atomic E-state index is 0. The van der Waals surface area contributed by atoms with Gasteiger partial charge in [0, 0.05) is 5.92 Å². The third kappa shape index (κ3) is 2.79. The number of nitrogens with two attached hydrogens (primary N) is 1. The lowest BCUT2D eigenvalue weighted by Gasteiger charge is -2.47. The Morgan fingerprint density at radius 3 is 2.38 bits per heavy atom. The molecule has 170 valence electrons. The Hall–Kier alpha value is -2.95. The van der Waals surface area contributed by atoms with Gasteiger partial charge in [0.2, 0.25) is 5.78 Å². The van der Waals surface area contributed by atoms with E-state index in [9.17, 15) is 34.8 Å². The minimum Gasteiger partial charge on any atom is -0.508 e. The fraction of sp³-hybridized carbons (Fsp3) is 0.318. The molecule has 0 aromatic heterocycles. The van der Waals surface area contributed by atoms with E-state index < -0.39 is 52.1 Å². The molecule has 0 aliphatic heterocycles. The molecule has 32 heavy (non-hydrogen) atoms. The van der Waals surface area contributed by atoms with Crippen LogP contribution in [0.2, 0.25) is 0 Å². The van der Waals surface area contributed by atoms with E-state index in [1.54, 1.807) is 33.2 Å². The largest absolute Gasteiger partial charge is 0.508 e. The van der Waals surface area contributed by atoms with Crippen molar-refractivity contribution in [2.24, 2.45) is 11.7 Å². The standard InChI is InChI=1S/C22H22N2O7.BrH/c1-8-9-5-4-6-12(25)13(9)17(26)14-10(8)7-11-16(24(2)3)18(27)15(21(23)30)20(29)22(11,31)19(14)28;/h4-6,11,16,25-26,29,31H,7H2,1-3H3,(H2,23,30);1H. The Kier molecular flexibility index (Phi) is 5.61. The smallest absolute Gasteiger partial charge is 0.255 e. The fourth-order valence-corrected chi connectivity index (χ4v) is 5.04. The molecule has 10 heteroatoms. The minimum atomic E-state index is -2.65. The van der Waals surface area contributed by atoms with Gasteiger partial charge in [-0.2, -0.15) is 0 Å². The van der Waals surface area contributed by atoms with Crippen molar-refractivity contribution in [1.29, 1.82) is 0 Å². The second-order valence-electron chi connectivity index (χ2n) is 8.29. The number of hydrogen-bond acceptors (Lipinski definition) is 8. The lowest BCUT2D eigenvalue weighted by atomic mass is 9.61. The summed E-state index contributed by atoms with van der Waals surface area (Å²) in [7, 11) is 3.10. The average Bonchev–Trinajstić information content (AvgIpc) is 2.68. The van der Waals surface area contributed by atoms with Crippen molar-refractivity contribution in [2.45, 2.75) is 25.0 Å². The van der Waals surface area contributed by atoms with Crippen LogP contribution < -0.4 is 5.73 Å². The molecule has 2 aromatic carbocycles.